The van der Waals surface area contributed by atoms with Crippen molar-refractivity contribution in [3.8, 4) is 0 Å². The Bertz CT molecular complexity index is 804. The van der Waals surface area contributed by atoms with E-state index in [2.05, 4.69) is 74.0 Å². The van der Waals surface area contributed by atoms with Crippen LogP contribution < -0.4 is 5.32 Å². The van der Waals surface area contributed by atoms with Gasteiger partial charge in [0.05, 0.1) is 30.8 Å². The van der Waals surface area contributed by atoms with Crippen LogP contribution in [-0.2, 0) is 6.18 Å². The van der Waals surface area contributed by atoms with Crippen LogP contribution in [0.3, 0.4) is 0 Å². The minimum atomic E-state index is -4.77. The Morgan fingerprint density at radius 3 is 2.08 bits per heavy atom. The van der Waals surface area contributed by atoms with E-state index in [4.69, 9.17) is 0 Å². The summed E-state index contributed by atoms with van der Waals surface area (Å²) in [6.45, 7) is 0. The molecule has 0 spiro atoms. The molecule has 0 aliphatic carbocycles. The summed E-state index contributed by atoms with van der Waals surface area (Å²) in [5, 5.41) is 13.4. The second-order valence-corrected chi connectivity index (χ2v) is 7.39. The Kier molecular flexibility index (Phi) is 5.93. The molecule has 0 aliphatic heterocycles. The third kappa shape index (κ3) is 4.09. The molecule has 24 heavy (non-hydrogen) atoms. The summed E-state index contributed by atoms with van der Waals surface area (Å²) >= 11 is 12.8. The zero-order chi connectivity index (χ0) is 18.2. The fraction of sp³-hybridized carbons (Fsp3) is 0.0833. The van der Waals surface area contributed by atoms with E-state index in [0.29, 0.717) is 24.2 Å². The van der Waals surface area contributed by atoms with Gasteiger partial charge in [0.25, 0.3) is 5.69 Å². The largest absolute Gasteiger partial charge is 0.418 e. The van der Waals surface area contributed by atoms with Gasteiger partial charge in [0, 0.05) is 12.1 Å². The van der Waals surface area contributed by atoms with Crippen LogP contribution in [0, 0.1) is 10.1 Å². The highest BCUT2D eigenvalue weighted by Gasteiger charge is 2.35. The lowest BCUT2D eigenvalue weighted by Gasteiger charge is -2.17. The number of alkyl halides is 3. The molecule has 1 aromatic carbocycles. The van der Waals surface area contributed by atoms with E-state index in [1.165, 1.54) is 0 Å². The van der Waals surface area contributed by atoms with Crippen molar-refractivity contribution in [1.29, 1.82) is 0 Å². The van der Waals surface area contributed by atoms with Crippen molar-refractivity contribution in [2.75, 3.05) is 5.32 Å². The predicted octanol–water partition coefficient (Wildman–Crippen LogP) is 6.80. The van der Waals surface area contributed by atoms with E-state index >= 15 is 0 Å². The quantitative estimate of drug-likeness (QED) is 0.240. The van der Waals surface area contributed by atoms with E-state index in [-0.39, 0.29) is 11.4 Å². The number of nitro benzene ring substituents is 1. The molecule has 0 fully saturated rings. The van der Waals surface area contributed by atoms with Crippen LogP contribution >= 0.6 is 63.7 Å². The monoisotopic (exact) mass is 595 g/mol. The molecular formula is C12H4Br4F3N3O2. The van der Waals surface area contributed by atoms with E-state index in [1.807, 2.05) is 0 Å². The van der Waals surface area contributed by atoms with Gasteiger partial charge in [-0.1, -0.05) is 0 Å². The first-order chi connectivity index (χ1) is 11.0. The summed E-state index contributed by atoms with van der Waals surface area (Å²) in [7, 11) is 0. The number of non-ortho nitro benzene ring substituents is 1. The molecule has 128 valence electrons. The average Bonchev–Trinajstić information content (AvgIpc) is 2.48. The molecule has 0 unspecified atom stereocenters. The van der Waals surface area contributed by atoms with Gasteiger partial charge in [-0.25, -0.2) is 4.98 Å². The number of nitrogens with one attached hydrogen (secondary N) is 1. The molecule has 0 bridgehead atoms. The van der Waals surface area contributed by atoms with Crippen LogP contribution in [-0.4, -0.2) is 9.91 Å². The smallest absolute Gasteiger partial charge is 0.353 e. The molecule has 5 nitrogen and oxygen atoms in total. The van der Waals surface area contributed by atoms with E-state index < -0.39 is 22.4 Å². The number of halogens is 7. The first kappa shape index (κ1) is 19.6. The lowest BCUT2D eigenvalue weighted by atomic mass is 10.1. The molecule has 0 saturated carbocycles. The van der Waals surface area contributed by atoms with Crippen LogP contribution in [0.2, 0.25) is 0 Å². The normalized spacial score (nSPS) is 11.5. The number of hydrogen-bond acceptors (Lipinski definition) is 4. The highest BCUT2D eigenvalue weighted by Crippen LogP contribution is 2.44. The van der Waals surface area contributed by atoms with Crippen molar-refractivity contribution < 1.29 is 18.1 Å². The Morgan fingerprint density at radius 1 is 1.08 bits per heavy atom. The molecular weight excluding hydrogens is 595 g/mol. The van der Waals surface area contributed by atoms with Gasteiger partial charge in [-0.3, -0.25) is 10.1 Å². The van der Waals surface area contributed by atoms with Crippen LogP contribution in [0.1, 0.15) is 5.56 Å². The fourth-order valence-electron chi connectivity index (χ4n) is 1.72. The first-order valence-electron chi connectivity index (χ1n) is 5.85. The molecule has 0 amide bonds. The second-order valence-electron chi connectivity index (χ2n) is 4.31. The van der Waals surface area contributed by atoms with Crippen molar-refractivity contribution in [2.24, 2.45) is 0 Å². The zero-order valence-corrected chi connectivity index (χ0v) is 17.4. The summed E-state index contributed by atoms with van der Waals surface area (Å²) in [6.07, 6.45) is -4.77. The first-order valence-corrected chi connectivity index (χ1v) is 9.02. The van der Waals surface area contributed by atoms with E-state index in [0.717, 1.165) is 12.1 Å². The highest BCUT2D eigenvalue weighted by atomic mass is 79.9. The minimum Gasteiger partial charge on any atom is -0.353 e. The molecule has 2 rings (SSSR count). The molecule has 0 aliphatic rings. The lowest BCUT2D eigenvalue weighted by Crippen LogP contribution is -2.10. The molecule has 0 radical (unpaired) electrons. The molecule has 0 atom stereocenters. The fourth-order valence-corrected chi connectivity index (χ4v) is 3.75. The Morgan fingerprint density at radius 2 is 1.62 bits per heavy atom. The van der Waals surface area contributed by atoms with E-state index in [1.54, 1.807) is 0 Å². The Hall–Kier alpha value is -0.720. The number of pyridine rings is 1. The van der Waals surface area contributed by atoms with Crippen LogP contribution in [0.5, 0.6) is 0 Å². The molecule has 1 heterocycles. The van der Waals surface area contributed by atoms with Gasteiger partial charge in [0.15, 0.2) is 0 Å². The van der Waals surface area contributed by atoms with Crippen molar-refractivity contribution in [3.63, 3.8) is 0 Å². The number of aromatic nitrogens is 1. The van der Waals surface area contributed by atoms with Gasteiger partial charge in [-0.15, -0.1) is 0 Å². The number of benzene rings is 1. The number of nitrogens with zero attached hydrogens (tertiary/aromatic N) is 2. The number of hydrogen-bond donors (Lipinski definition) is 1. The van der Waals surface area contributed by atoms with Crippen molar-refractivity contribution in [1.82, 2.24) is 4.98 Å². The highest BCUT2D eigenvalue weighted by molar-refractivity contribution is 9.14. The van der Waals surface area contributed by atoms with Gasteiger partial charge in [0.1, 0.15) is 9.21 Å². The van der Waals surface area contributed by atoms with Crippen LogP contribution in [0.15, 0.2) is 36.4 Å². The topological polar surface area (TPSA) is 68.1 Å². The maximum atomic E-state index is 13.2. The molecule has 2 aromatic rings. The van der Waals surface area contributed by atoms with Crippen molar-refractivity contribution in [2.45, 2.75) is 6.18 Å². The third-order valence-electron chi connectivity index (χ3n) is 2.78. The van der Waals surface area contributed by atoms with E-state index in [9.17, 15) is 23.3 Å². The SMILES string of the molecule is O=[N+]([O-])c1ccc(Nc2c(Br)c(Br)nc(Br)c2Br)c(C(F)(F)F)c1. The Balaban J connectivity index is 2.61. The summed E-state index contributed by atoms with van der Waals surface area (Å²) in [5.74, 6) is 0. The predicted molar refractivity (Wildman–Crippen MR) is 96.4 cm³/mol. The van der Waals surface area contributed by atoms with Gasteiger partial charge in [-0.2, -0.15) is 13.2 Å². The summed E-state index contributed by atoms with van der Waals surface area (Å²) in [6, 6.07) is 2.47. The van der Waals surface area contributed by atoms with Crippen LogP contribution in [0.25, 0.3) is 0 Å². The number of rotatable bonds is 3. The number of nitro groups is 1. The van der Waals surface area contributed by atoms with Gasteiger partial charge in [0.2, 0.25) is 0 Å². The minimum absolute atomic E-state index is 0.267. The second kappa shape index (κ2) is 7.26. The number of anilines is 2. The van der Waals surface area contributed by atoms with Gasteiger partial charge in [-0.05, 0) is 69.8 Å². The Labute approximate surface area is 166 Å². The van der Waals surface area contributed by atoms with Gasteiger partial charge >= 0.3 is 6.18 Å². The maximum Gasteiger partial charge on any atom is 0.418 e. The van der Waals surface area contributed by atoms with Crippen LogP contribution in [0.4, 0.5) is 30.2 Å². The lowest BCUT2D eigenvalue weighted by molar-refractivity contribution is -0.385. The summed E-state index contributed by atoms with van der Waals surface area (Å²) < 4.78 is 41.2. The zero-order valence-electron chi connectivity index (χ0n) is 11.1. The third-order valence-corrected chi connectivity index (χ3v) is 6.53. The van der Waals surface area contributed by atoms with Crippen molar-refractivity contribution >= 4 is 80.8 Å². The summed E-state index contributed by atoms with van der Waals surface area (Å²) in [4.78, 5) is 13.9. The maximum absolute atomic E-state index is 13.2. The molecule has 1 N–H and O–H groups in total. The molecule has 0 saturated heterocycles. The molecule has 1 aromatic heterocycles. The van der Waals surface area contributed by atoms with Crippen molar-refractivity contribution in [3.05, 3.63) is 52.0 Å². The van der Waals surface area contributed by atoms with Gasteiger partial charge < -0.3 is 5.32 Å². The molecule has 12 heteroatoms. The summed E-state index contributed by atoms with van der Waals surface area (Å²) in [5.41, 5.74) is -1.87. The standard InChI is InChI=1S/C12H4Br4F3N3O2/c13-7-9(8(14)11(16)21-10(7)15)20-6-2-1-4(22(23)24)3-5(6)12(17,18)19/h1-3H,(H,20,21). The average molecular weight is 599 g/mol.